The Morgan fingerprint density at radius 1 is 1.31 bits per heavy atom. The third kappa shape index (κ3) is 3.11. The molecule has 13 heavy (non-hydrogen) atoms. The molecule has 0 bridgehead atoms. The van der Waals surface area contributed by atoms with E-state index in [1.807, 2.05) is 12.4 Å². The second-order valence-electron chi connectivity index (χ2n) is 3.73. The van der Waals surface area contributed by atoms with E-state index in [2.05, 4.69) is 23.8 Å². The van der Waals surface area contributed by atoms with Gasteiger partial charge in [0.25, 0.3) is 0 Å². The Bertz CT molecular complexity index is 233. The van der Waals surface area contributed by atoms with Crippen molar-refractivity contribution in [2.45, 2.75) is 26.2 Å². The predicted molar refractivity (Wildman–Crippen MR) is 53.3 cm³/mol. The molecule has 72 valence electrons. The number of nitrogens with zero attached hydrogens (tertiary/aromatic N) is 2. The van der Waals surface area contributed by atoms with Crippen molar-refractivity contribution in [2.75, 3.05) is 6.54 Å². The van der Waals surface area contributed by atoms with E-state index >= 15 is 0 Å². The van der Waals surface area contributed by atoms with Crippen LogP contribution in [-0.2, 0) is 0 Å². The van der Waals surface area contributed by atoms with Gasteiger partial charge in [-0.1, -0.05) is 13.8 Å². The largest absolute Gasteiger partial charge is 0.330 e. The monoisotopic (exact) mass is 179 g/mol. The van der Waals surface area contributed by atoms with Crippen LogP contribution in [0, 0.1) is 5.92 Å². The summed E-state index contributed by atoms with van der Waals surface area (Å²) in [5.41, 5.74) is 6.85. The van der Waals surface area contributed by atoms with Crippen LogP contribution in [0.4, 0.5) is 0 Å². The van der Waals surface area contributed by atoms with Gasteiger partial charge in [-0.2, -0.15) is 0 Å². The van der Waals surface area contributed by atoms with Crippen LogP contribution >= 0.6 is 0 Å². The predicted octanol–water partition coefficient (Wildman–Crippen LogP) is 1.57. The molecule has 2 N–H and O–H groups in total. The molecule has 3 heteroatoms. The highest BCUT2D eigenvalue weighted by atomic mass is 14.8. The number of aromatic nitrogens is 2. The van der Waals surface area contributed by atoms with Crippen LogP contribution in [0.15, 0.2) is 18.7 Å². The van der Waals surface area contributed by atoms with Crippen molar-refractivity contribution in [3.8, 4) is 0 Å². The van der Waals surface area contributed by atoms with E-state index in [1.54, 1.807) is 6.33 Å². The van der Waals surface area contributed by atoms with E-state index in [9.17, 15) is 0 Å². The Labute approximate surface area is 79.4 Å². The first kappa shape index (κ1) is 10.1. The van der Waals surface area contributed by atoms with Crippen molar-refractivity contribution >= 4 is 0 Å². The Balaban J connectivity index is 2.67. The van der Waals surface area contributed by atoms with Crippen molar-refractivity contribution in [1.29, 1.82) is 0 Å². The maximum absolute atomic E-state index is 5.70. The molecule has 1 rings (SSSR count). The molecule has 0 aliphatic carbocycles. The maximum Gasteiger partial charge on any atom is 0.115 e. The highest BCUT2D eigenvalue weighted by Gasteiger charge is 2.11. The summed E-state index contributed by atoms with van der Waals surface area (Å²) < 4.78 is 0. The Hall–Kier alpha value is -0.960. The molecule has 1 aromatic heterocycles. The average molecular weight is 179 g/mol. The number of hydrogen-bond acceptors (Lipinski definition) is 3. The van der Waals surface area contributed by atoms with Gasteiger partial charge in [0.05, 0.1) is 0 Å². The van der Waals surface area contributed by atoms with Gasteiger partial charge >= 0.3 is 0 Å². The smallest absolute Gasteiger partial charge is 0.115 e. The van der Waals surface area contributed by atoms with Gasteiger partial charge in [0, 0.05) is 12.4 Å². The third-order valence-electron chi connectivity index (χ3n) is 2.09. The molecule has 1 unspecified atom stereocenters. The van der Waals surface area contributed by atoms with Crippen LogP contribution < -0.4 is 5.73 Å². The Morgan fingerprint density at radius 2 is 1.92 bits per heavy atom. The molecule has 0 aromatic carbocycles. The van der Waals surface area contributed by atoms with Gasteiger partial charge in [-0.25, -0.2) is 9.97 Å². The van der Waals surface area contributed by atoms with Crippen molar-refractivity contribution < 1.29 is 0 Å². The normalized spacial score (nSPS) is 13.2. The standard InChI is InChI=1S/C10H17N3/c1-8(2)3-9(4-11)10-5-12-7-13-6-10/h5-9H,3-4,11H2,1-2H3. The molecular formula is C10H17N3. The molecule has 0 spiro atoms. The summed E-state index contributed by atoms with van der Waals surface area (Å²) in [4.78, 5) is 7.99. The van der Waals surface area contributed by atoms with Gasteiger partial charge in [-0.05, 0) is 30.4 Å². The highest BCUT2D eigenvalue weighted by molar-refractivity contribution is 5.10. The van der Waals surface area contributed by atoms with Gasteiger partial charge in [0.15, 0.2) is 0 Å². The van der Waals surface area contributed by atoms with E-state index in [-0.39, 0.29) is 0 Å². The maximum atomic E-state index is 5.70. The van der Waals surface area contributed by atoms with E-state index in [1.165, 1.54) is 0 Å². The van der Waals surface area contributed by atoms with Gasteiger partial charge in [0.2, 0.25) is 0 Å². The van der Waals surface area contributed by atoms with Gasteiger partial charge in [-0.15, -0.1) is 0 Å². The summed E-state index contributed by atoms with van der Waals surface area (Å²) in [6.07, 6.45) is 6.36. The van der Waals surface area contributed by atoms with Gasteiger partial charge in [-0.3, -0.25) is 0 Å². The van der Waals surface area contributed by atoms with Crippen molar-refractivity contribution in [3.63, 3.8) is 0 Å². The van der Waals surface area contributed by atoms with Crippen LogP contribution in [0.2, 0.25) is 0 Å². The fourth-order valence-electron chi connectivity index (χ4n) is 1.46. The number of nitrogens with two attached hydrogens (primary N) is 1. The minimum absolute atomic E-state index is 0.404. The summed E-state index contributed by atoms with van der Waals surface area (Å²) in [7, 11) is 0. The Kier molecular flexibility index (Phi) is 3.83. The van der Waals surface area contributed by atoms with Crippen LogP contribution in [0.25, 0.3) is 0 Å². The third-order valence-corrected chi connectivity index (χ3v) is 2.09. The first-order chi connectivity index (χ1) is 6.24. The van der Waals surface area contributed by atoms with Crippen LogP contribution in [0.3, 0.4) is 0 Å². The van der Waals surface area contributed by atoms with Crippen LogP contribution in [0.5, 0.6) is 0 Å². The summed E-state index contributed by atoms with van der Waals surface area (Å²) >= 11 is 0. The lowest BCUT2D eigenvalue weighted by Gasteiger charge is -2.16. The molecule has 0 saturated carbocycles. The lowest BCUT2D eigenvalue weighted by molar-refractivity contribution is 0.502. The van der Waals surface area contributed by atoms with E-state index in [0.717, 1.165) is 12.0 Å². The van der Waals surface area contributed by atoms with Crippen LogP contribution in [0.1, 0.15) is 31.7 Å². The lowest BCUT2D eigenvalue weighted by Crippen LogP contribution is -2.15. The number of rotatable bonds is 4. The van der Waals surface area contributed by atoms with Crippen molar-refractivity contribution in [1.82, 2.24) is 9.97 Å². The van der Waals surface area contributed by atoms with Gasteiger partial charge in [0.1, 0.15) is 6.33 Å². The molecule has 0 aliphatic rings. The second-order valence-corrected chi connectivity index (χ2v) is 3.73. The summed E-state index contributed by atoms with van der Waals surface area (Å²) in [5.74, 6) is 1.06. The summed E-state index contributed by atoms with van der Waals surface area (Å²) in [5, 5.41) is 0. The zero-order valence-corrected chi connectivity index (χ0v) is 8.27. The lowest BCUT2D eigenvalue weighted by atomic mass is 9.92. The average Bonchev–Trinajstić information content (AvgIpc) is 2.15. The minimum Gasteiger partial charge on any atom is -0.330 e. The quantitative estimate of drug-likeness (QED) is 0.763. The van der Waals surface area contributed by atoms with Crippen LogP contribution in [-0.4, -0.2) is 16.5 Å². The zero-order valence-electron chi connectivity index (χ0n) is 8.27. The second kappa shape index (κ2) is 4.92. The van der Waals surface area contributed by atoms with Crippen molar-refractivity contribution in [2.24, 2.45) is 11.7 Å². The molecule has 1 atom stereocenters. The summed E-state index contributed by atoms with van der Waals surface area (Å²) in [6, 6.07) is 0. The molecule has 0 aliphatic heterocycles. The molecule has 0 fully saturated rings. The number of hydrogen-bond donors (Lipinski definition) is 1. The molecular weight excluding hydrogens is 162 g/mol. The van der Waals surface area contributed by atoms with E-state index in [4.69, 9.17) is 5.73 Å². The minimum atomic E-state index is 0.404. The SMILES string of the molecule is CC(C)CC(CN)c1cncnc1. The molecule has 0 radical (unpaired) electrons. The Morgan fingerprint density at radius 3 is 2.38 bits per heavy atom. The topological polar surface area (TPSA) is 51.8 Å². The first-order valence-corrected chi connectivity index (χ1v) is 4.69. The molecule has 1 heterocycles. The molecule has 0 saturated heterocycles. The van der Waals surface area contributed by atoms with Gasteiger partial charge < -0.3 is 5.73 Å². The fourth-order valence-corrected chi connectivity index (χ4v) is 1.46. The molecule has 0 amide bonds. The van der Waals surface area contributed by atoms with E-state index < -0.39 is 0 Å². The van der Waals surface area contributed by atoms with E-state index in [0.29, 0.717) is 18.4 Å². The van der Waals surface area contributed by atoms with Crippen molar-refractivity contribution in [3.05, 3.63) is 24.3 Å². The molecule has 1 aromatic rings. The fraction of sp³-hybridized carbons (Fsp3) is 0.600. The zero-order chi connectivity index (χ0) is 9.68. The first-order valence-electron chi connectivity index (χ1n) is 4.69. The molecule has 3 nitrogen and oxygen atoms in total. The highest BCUT2D eigenvalue weighted by Crippen LogP contribution is 2.20. The summed E-state index contributed by atoms with van der Waals surface area (Å²) in [6.45, 7) is 5.07.